The van der Waals surface area contributed by atoms with Crippen molar-refractivity contribution in [1.29, 1.82) is 0 Å². The molecule has 0 unspecified atom stereocenters. The first-order chi connectivity index (χ1) is 13.6. The number of hydrogen-bond acceptors (Lipinski definition) is 7. The van der Waals surface area contributed by atoms with Crippen molar-refractivity contribution in [3.63, 3.8) is 0 Å². The van der Waals surface area contributed by atoms with Gasteiger partial charge in [0.25, 0.3) is 5.91 Å². The van der Waals surface area contributed by atoms with E-state index in [-0.39, 0.29) is 12.4 Å². The molecule has 4 N–H and O–H groups in total. The highest BCUT2D eigenvalue weighted by Crippen LogP contribution is 2.34. The van der Waals surface area contributed by atoms with Gasteiger partial charge in [-0.25, -0.2) is 0 Å². The summed E-state index contributed by atoms with van der Waals surface area (Å²) in [6.45, 7) is 1.53. The Labute approximate surface area is 160 Å². The number of rotatable bonds is 5. The topological polar surface area (TPSA) is 120 Å². The van der Waals surface area contributed by atoms with Crippen molar-refractivity contribution in [3.8, 4) is 0 Å². The molecule has 144 valence electrons. The van der Waals surface area contributed by atoms with E-state index in [9.17, 15) is 9.90 Å². The molecule has 3 aromatic rings. The van der Waals surface area contributed by atoms with Crippen molar-refractivity contribution in [2.24, 2.45) is 5.16 Å². The number of oxime groups is 1. The molecule has 0 fully saturated rings. The first-order valence-electron chi connectivity index (χ1n) is 9.00. The molecule has 8 heteroatoms. The molecule has 2 aromatic heterocycles. The number of hydrogen-bond donors (Lipinski definition) is 4. The van der Waals surface area contributed by atoms with Crippen LogP contribution in [0.15, 0.2) is 46.2 Å². The number of anilines is 2. The first kappa shape index (κ1) is 18.0. The molecule has 28 heavy (non-hydrogen) atoms. The summed E-state index contributed by atoms with van der Waals surface area (Å²) < 4.78 is 5.73. The number of pyridine rings is 1. The van der Waals surface area contributed by atoms with Crippen molar-refractivity contribution < 1.29 is 19.5 Å². The SMILES string of the molecule is C[C@H](CO)NC(=O)c1oc2cnccc2c1Nc1ccc2c(c1)CCC2=NO. The third-order valence-corrected chi connectivity index (χ3v) is 4.79. The van der Waals surface area contributed by atoms with Gasteiger partial charge < -0.3 is 25.4 Å². The second kappa shape index (κ2) is 7.32. The van der Waals surface area contributed by atoms with E-state index in [2.05, 4.69) is 20.8 Å². The molecule has 0 saturated heterocycles. The summed E-state index contributed by atoms with van der Waals surface area (Å²) >= 11 is 0. The van der Waals surface area contributed by atoms with Gasteiger partial charge in [-0.3, -0.25) is 9.78 Å². The van der Waals surface area contributed by atoms with Crippen LogP contribution in [0, 0.1) is 0 Å². The quantitative estimate of drug-likeness (QED) is 0.399. The Balaban J connectivity index is 1.72. The lowest BCUT2D eigenvalue weighted by atomic mass is 10.1. The van der Waals surface area contributed by atoms with E-state index >= 15 is 0 Å². The number of amides is 1. The average Bonchev–Trinajstić information content (AvgIpc) is 3.29. The van der Waals surface area contributed by atoms with Crippen molar-refractivity contribution in [3.05, 3.63) is 53.5 Å². The lowest BCUT2D eigenvalue weighted by Crippen LogP contribution is -2.35. The Bertz CT molecular complexity index is 1070. The number of carbonyl (C=O) groups is 1. The minimum Gasteiger partial charge on any atom is -0.447 e. The van der Waals surface area contributed by atoms with Crippen LogP contribution in [0.2, 0.25) is 0 Å². The second-order valence-electron chi connectivity index (χ2n) is 6.78. The molecule has 1 amide bonds. The molecular weight excluding hydrogens is 360 g/mol. The molecule has 1 aliphatic carbocycles. The van der Waals surface area contributed by atoms with Crippen molar-refractivity contribution in [1.82, 2.24) is 10.3 Å². The fraction of sp³-hybridized carbons (Fsp3) is 0.250. The van der Waals surface area contributed by atoms with Gasteiger partial charge >= 0.3 is 0 Å². The van der Waals surface area contributed by atoms with E-state index in [1.54, 1.807) is 25.4 Å². The molecule has 1 aliphatic rings. The molecule has 1 atom stereocenters. The highest BCUT2D eigenvalue weighted by atomic mass is 16.4. The van der Waals surface area contributed by atoms with Crippen molar-refractivity contribution in [2.75, 3.05) is 11.9 Å². The Morgan fingerprint density at radius 3 is 3.00 bits per heavy atom. The van der Waals surface area contributed by atoms with Crippen LogP contribution >= 0.6 is 0 Å². The largest absolute Gasteiger partial charge is 0.447 e. The molecule has 0 aliphatic heterocycles. The Morgan fingerprint density at radius 2 is 2.21 bits per heavy atom. The summed E-state index contributed by atoms with van der Waals surface area (Å²) in [5.74, 6) is -0.294. The second-order valence-corrected chi connectivity index (χ2v) is 6.78. The summed E-state index contributed by atoms with van der Waals surface area (Å²) in [5.41, 5.74) is 4.51. The van der Waals surface area contributed by atoms with Crippen LogP contribution in [0.5, 0.6) is 0 Å². The predicted octanol–water partition coefficient (Wildman–Crippen LogP) is 2.81. The minimum atomic E-state index is -0.420. The third-order valence-electron chi connectivity index (χ3n) is 4.79. The maximum Gasteiger partial charge on any atom is 0.289 e. The standard InChI is InChI=1S/C20H20N4O4/c1-11(10-25)22-20(26)19-18(15-6-7-21-9-17(15)28-19)23-13-3-4-14-12(8-13)2-5-16(14)24-27/h3-4,6-9,11,23,25,27H,2,5,10H2,1H3,(H,22,26)/t11-/m1/s1. The highest BCUT2D eigenvalue weighted by Gasteiger charge is 2.23. The molecule has 1 aromatic carbocycles. The number of aliphatic hydroxyl groups is 1. The van der Waals surface area contributed by atoms with Crippen molar-refractivity contribution in [2.45, 2.75) is 25.8 Å². The molecule has 2 heterocycles. The normalized spacial score (nSPS) is 15.6. The van der Waals surface area contributed by atoms with Gasteiger partial charge in [0.15, 0.2) is 5.58 Å². The summed E-state index contributed by atoms with van der Waals surface area (Å²) in [6.07, 6.45) is 4.68. The number of benzene rings is 1. The molecular formula is C20H20N4O4. The zero-order valence-electron chi connectivity index (χ0n) is 15.3. The summed E-state index contributed by atoms with van der Waals surface area (Å²) in [7, 11) is 0. The van der Waals surface area contributed by atoms with E-state index in [1.165, 1.54) is 0 Å². The number of carbonyl (C=O) groups excluding carboxylic acids is 1. The van der Waals surface area contributed by atoms with Crippen LogP contribution in [-0.4, -0.2) is 39.6 Å². The van der Waals surface area contributed by atoms with Crippen LogP contribution < -0.4 is 10.6 Å². The van der Waals surface area contributed by atoms with Gasteiger partial charge in [0.05, 0.1) is 24.2 Å². The lowest BCUT2D eigenvalue weighted by molar-refractivity contribution is 0.0897. The molecule has 4 rings (SSSR count). The molecule has 0 spiro atoms. The Morgan fingerprint density at radius 1 is 1.36 bits per heavy atom. The number of furan rings is 1. The number of aromatic nitrogens is 1. The van der Waals surface area contributed by atoms with Gasteiger partial charge in [-0.05, 0) is 43.5 Å². The highest BCUT2D eigenvalue weighted by molar-refractivity contribution is 6.08. The number of aryl methyl sites for hydroxylation is 1. The molecule has 0 radical (unpaired) electrons. The average molecular weight is 380 g/mol. The van der Waals surface area contributed by atoms with Gasteiger partial charge in [-0.2, -0.15) is 0 Å². The van der Waals surface area contributed by atoms with Crippen molar-refractivity contribution >= 4 is 34.0 Å². The first-order valence-corrected chi connectivity index (χ1v) is 9.00. The van der Waals surface area contributed by atoms with Crippen LogP contribution in [-0.2, 0) is 6.42 Å². The van der Waals surface area contributed by atoms with Crippen LogP contribution in [0.25, 0.3) is 11.0 Å². The molecule has 8 nitrogen and oxygen atoms in total. The minimum absolute atomic E-state index is 0.126. The van der Waals surface area contributed by atoms with Crippen LogP contribution in [0.4, 0.5) is 11.4 Å². The number of aliphatic hydroxyl groups excluding tert-OH is 1. The Kier molecular flexibility index (Phi) is 4.70. The fourth-order valence-electron chi connectivity index (χ4n) is 3.37. The maximum absolute atomic E-state index is 12.6. The summed E-state index contributed by atoms with van der Waals surface area (Å²) in [4.78, 5) is 16.7. The zero-order chi connectivity index (χ0) is 19.7. The third kappa shape index (κ3) is 3.18. The monoisotopic (exact) mass is 380 g/mol. The van der Waals surface area contributed by atoms with Gasteiger partial charge in [0, 0.05) is 28.9 Å². The summed E-state index contributed by atoms with van der Waals surface area (Å²) in [5, 5.41) is 28.4. The van der Waals surface area contributed by atoms with E-state index in [0.717, 1.165) is 28.6 Å². The maximum atomic E-state index is 12.6. The van der Waals surface area contributed by atoms with E-state index in [1.807, 2.05) is 18.2 Å². The van der Waals surface area contributed by atoms with Gasteiger partial charge in [0.2, 0.25) is 5.76 Å². The zero-order valence-corrected chi connectivity index (χ0v) is 15.3. The van der Waals surface area contributed by atoms with E-state index in [0.29, 0.717) is 23.4 Å². The van der Waals surface area contributed by atoms with Gasteiger partial charge in [-0.15, -0.1) is 0 Å². The fourth-order valence-corrected chi connectivity index (χ4v) is 3.37. The number of nitrogens with zero attached hydrogens (tertiary/aromatic N) is 2. The Hall–Kier alpha value is -3.39. The number of nitrogens with one attached hydrogen (secondary N) is 2. The molecule has 0 bridgehead atoms. The van der Waals surface area contributed by atoms with Crippen LogP contribution in [0.1, 0.15) is 35.0 Å². The predicted molar refractivity (Wildman–Crippen MR) is 104 cm³/mol. The van der Waals surface area contributed by atoms with Gasteiger partial charge in [-0.1, -0.05) is 11.2 Å². The van der Waals surface area contributed by atoms with Crippen LogP contribution in [0.3, 0.4) is 0 Å². The smallest absolute Gasteiger partial charge is 0.289 e. The van der Waals surface area contributed by atoms with E-state index in [4.69, 9.17) is 9.62 Å². The lowest BCUT2D eigenvalue weighted by Gasteiger charge is -2.12. The van der Waals surface area contributed by atoms with E-state index < -0.39 is 11.9 Å². The van der Waals surface area contributed by atoms with Gasteiger partial charge in [0.1, 0.15) is 0 Å². The molecule has 0 saturated carbocycles. The number of fused-ring (bicyclic) bond motifs is 2. The summed E-state index contributed by atoms with van der Waals surface area (Å²) in [6, 6.07) is 7.12.